The Labute approximate surface area is 64.3 Å². The molecule has 0 aromatic carbocycles. The topological polar surface area (TPSA) is 0 Å². The van der Waals surface area contributed by atoms with Gasteiger partial charge in [-0.2, -0.15) is 0 Å². The van der Waals surface area contributed by atoms with Crippen molar-refractivity contribution >= 4 is 0 Å². The Morgan fingerprint density at radius 3 is 2.60 bits per heavy atom. The van der Waals surface area contributed by atoms with Crippen LogP contribution in [0, 0.1) is 11.8 Å². The molecule has 10 heavy (non-hydrogen) atoms. The minimum absolute atomic E-state index is 0.851. The predicted octanol–water partition coefficient (Wildman–Crippen LogP) is 3.39. The average Bonchev–Trinajstić information content (AvgIpc) is 2.34. The molecule has 1 atom stereocenters. The van der Waals surface area contributed by atoms with E-state index in [1.165, 1.54) is 19.3 Å². The third-order valence-corrected chi connectivity index (χ3v) is 2.56. The van der Waals surface area contributed by atoms with E-state index in [0.29, 0.717) is 0 Å². The lowest BCUT2D eigenvalue weighted by atomic mass is 9.96. The van der Waals surface area contributed by atoms with E-state index < -0.39 is 0 Å². The van der Waals surface area contributed by atoms with Gasteiger partial charge in [-0.05, 0) is 31.1 Å². The van der Waals surface area contributed by atoms with E-state index >= 15 is 0 Å². The van der Waals surface area contributed by atoms with Gasteiger partial charge in [0.05, 0.1) is 0 Å². The predicted molar refractivity (Wildman–Crippen MR) is 45.9 cm³/mol. The van der Waals surface area contributed by atoms with Crippen molar-refractivity contribution in [2.45, 2.75) is 40.0 Å². The van der Waals surface area contributed by atoms with Crippen LogP contribution in [-0.4, -0.2) is 0 Å². The Kier molecular flexibility index (Phi) is 2.53. The van der Waals surface area contributed by atoms with Crippen molar-refractivity contribution in [3.05, 3.63) is 11.6 Å². The Bertz CT molecular complexity index is 131. The fourth-order valence-electron chi connectivity index (χ4n) is 1.64. The minimum Gasteiger partial charge on any atom is -0.0820 e. The van der Waals surface area contributed by atoms with Crippen LogP contribution < -0.4 is 0 Å². The van der Waals surface area contributed by atoms with Gasteiger partial charge in [-0.25, -0.2) is 0 Å². The molecule has 0 N–H and O–H groups in total. The molecule has 0 spiro atoms. The van der Waals surface area contributed by atoms with E-state index in [4.69, 9.17) is 0 Å². The molecule has 0 saturated carbocycles. The summed E-state index contributed by atoms with van der Waals surface area (Å²) in [7, 11) is 0. The molecule has 0 aromatic rings. The van der Waals surface area contributed by atoms with Gasteiger partial charge in [0.15, 0.2) is 0 Å². The van der Waals surface area contributed by atoms with Crippen molar-refractivity contribution in [2.75, 3.05) is 0 Å². The van der Waals surface area contributed by atoms with E-state index in [0.717, 1.165) is 11.8 Å². The first-order valence-electron chi connectivity index (χ1n) is 4.43. The zero-order chi connectivity index (χ0) is 7.56. The lowest BCUT2D eigenvalue weighted by Crippen LogP contribution is -2.00. The Balaban J connectivity index is 2.47. The molecular weight excluding hydrogens is 120 g/mol. The number of hydrogen-bond donors (Lipinski definition) is 0. The van der Waals surface area contributed by atoms with Gasteiger partial charge in [-0.1, -0.05) is 32.4 Å². The second kappa shape index (κ2) is 3.23. The van der Waals surface area contributed by atoms with Crippen molar-refractivity contribution < 1.29 is 0 Å². The van der Waals surface area contributed by atoms with Crippen LogP contribution in [-0.2, 0) is 0 Å². The van der Waals surface area contributed by atoms with E-state index in [1.54, 1.807) is 5.57 Å². The maximum atomic E-state index is 2.49. The Hall–Kier alpha value is -0.260. The van der Waals surface area contributed by atoms with Crippen LogP contribution in [0.5, 0.6) is 0 Å². The summed E-state index contributed by atoms with van der Waals surface area (Å²) in [6.07, 6.45) is 6.52. The van der Waals surface area contributed by atoms with E-state index in [2.05, 4.69) is 26.8 Å². The van der Waals surface area contributed by atoms with Crippen LogP contribution in [0.15, 0.2) is 11.6 Å². The SMILES string of the molecule is CCC1=CC(C(C)C)CC1. The minimum atomic E-state index is 0.851. The van der Waals surface area contributed by atoms with Crippen LogP contribution in [0.25, 0.3) is 0 Å². The standard InChI is InChI=1S/C10H18/c1-4-9-5-6-10(7-9)8(2)3/h7-8,10H,4-6H2,1-3H3. The third-order valence-electron chi connectivity index (χ3n) is 2.56. The van der Waals surface area contributed by atoms with Gasteiger partial charge in [0.2, 0.25) is 0 Å². The molecule has 0 radical (unpaired) electrons. The van der Waals surface area contributed by atoms with Gasteiger partial charge in [0.1, 0.15) is 0 Å². The molecule has 0 heteroatoms. The van der Waals surface area contributed by atoms with Gasteiger partial charge < -0.3 is 0 Å². The fourth-order valence-corrected chi connectivity index (χ4v) is 1.64. The van der Waals surface area contributed by atoms with Crippen LogP contribution in [0.3, 0.4) is 0 Å². The van der Waals surface area contributed by atoms with Crippen molar-refractivity contribution in [3.63, 3.8) is 0 Å². The molecule has 0 amide bonds. The van der Waals surface area contributed by atoms with E-state index in [1.807, 2.05) is 0 Å². The second-order valence-electron chi connectivity index (χ2n) is 3.63. The number of allylic oxidation sites excluding steroid dienone is 2. The van der Waals surface area contributed by atoms with E-state index in [-0.39, 0.29) is 0 Å². The summed E-state index contributed by atoms with van der Waals surface area (Å²) in [6, 6.07) is 0. The highest BCUT2D eigenvalue weighted by atomic mass is 14.2. The lowest BCUT2D eigenvalue weighted by Gasteiger charge is -2.09. The third kappa shape index (κ3) is 1.62. The maximum Gasteiger partial charge on any atom is -0.0205 e. The molecule has 1 aliphatic rings. The van der Waals surface area contributed by atoms with Crippen LogP contribution >= 0.6 is 0 Å². The molecule has 0 bridgehead atoms. The highest BCUT2D eigenvalue weighted by Crippen LogP contribution is 2.30. The second-order valence-corrected chi connectivity index (χ2v) is 3.63. The number of hydrogen-bond acceptors (Lipinski definition) is 0. The van der Waals surface area contributed by atoms with Crippen LogP contribution in [0.4, 0.5) is 0 Å². The lowest BCUT2D eigenvalue weighted by molar-refractivity contribution is 0.458. The van der Waals surface area contributed by atoms with Crippen molar-refractivity contribution in [1.29, 1.82) is 0 Å². The van der Waals surface area contributed by atoms with Crippen molar-refractivity contribution in [3.8, 4) is 0 Å². The van der Waals surface area contributed by atoms with Crippen molar-refractivity contribution in [1.82, 2.24) is 0 Å². The molecule has 1 unspecified atom stereocenters. The van der Waals surface area contributed by atoms with Crippen LogP contribution in [0.1, 0.15) is 40.0 Å². The van der Waals surface area contributed by atoms with E-state index in [9.17, 15) is 0 Å². The highest BCUT2D eigenvalue weighted by molar-refractivity contribution is 5.10. The average molecular weight is 138 g/mol. The molecule has 0 aliphatic heterocycles. The fraction of sp³-hybridized carbons (Fsp3) is 0.800. The van der Waals surface area contributed by atoms with Gasteiger partial charge in [0.25, 0.3) is 0 Å². The molecule has 0 fully saturated rings. The molecular formula is C10H18. The summed E-state index contributed by atoms with van der Waals surface area (Å²) in [5.41, 5.74) is 1.68. The quantitative estimate of drug-likeness (QED) is 0.513. The Morgan fingerprint density at radius 2 is 2.30 bits per heavy atom. The van der Waals surface area contributed by atoms with Crippen molar-refractivity contribution in [2.24, 2.45) is 11.8 Å². The molecule has 1 rings (SSSR count). The summed E-state index contributed by atoms with van der Waals surface area (Å²) >= 11 is 0. The summed E-state index contributed by atoms with van der Waals surface area (Å²) in [5, 5.41) is 0. The molecule has 0 heterocycles. The molecule has 0 aromatic heterocycles. The normalized spacial score (nSPS) is 25.6. The zero-order valence-electron chi connectivity index (χ0n) is 7.35. The first kappa shape index (κ1) is 7.84. The van der Waals surface area contributed by atoms with Gasteiger partial charge in [0, 0.05) is 0 Å². The molecule has 0 saturated heterocycles. The van der Waals surface area contributed by atoms with Gasteiger partial charge in [-0.3, -0.25) is 0 Å². The zero-order valence-corrected chi connectivity index (χ0v) is 7.35. The Morgan fingerprint density at radius 1 is 1.60 bits per heavy atom. The molecule has 1 aliphatic carbocycles. The largest absolute Gasteiger partial charge is 0.0820 e. The summed E-state index contributed by atoms with van der Waals surface area (Å²) in [5.74, 6) is 1.74. The van der Waals surface area contributed by atoms with Gasteiger partial charge >= 0.3 is 0 Å². The monoisotopic (exact) mass is 138 g/mol. The smallest absolute Gasteiger partial charge is 0.0205 e. The first-order valence-corrected chi connectivity index (χ1v) is 4.43. The molecule has 0 nitrogen and oxygen atoms in total. The first-order chi connectivity index (χ1) is 4.74. The maximum absolute atomic E-state index is 2.49. The molecule has 58 valence electrons. The summed E-state index contributed by atoms with van der Waals surface area (Å²) in [4.78, 5) is 0. The number of rotatable bonds is 2. The van der Waals surface area contributed by atoms with Crippen LogP contribution in [0.2, 0.25) is 0 Å². The summed E-state index contributed by atoms with van der Waals surface area (Å²) in [6.45, 7) is 6.90. The summed E-state index contributed by atoms with van der Waals surface area (Å²) < 4.78 is 0. The highest BCUT2D eigenvalue weighted by Gasteiger charge is 2.16. The van der Waals surface area contributed by atoms with Gasteiger partial charge in [-0.15, -0.1) is 0 Å².